The molecule has 0 amide bonds. The molecule has 0 aromatic carbocycles. The van der Waals surface area contributed by atoms with Crippen molar-refractivity contribution in [1.82, 2.24) is 19.7 Å². The van der Waals surface area contributed by atoms with Gasteiger partial charge in [0.1, 0.15) is 17.5 Å². The first-order valence-corrected chi connectivity index (χ1v) is 6.75. The predicted molar refractivity (Wildman–Crippen MR) is 80.5 cm³/mol. The van der Waals surface area contributed by atoms with Crippen molar-refractivity contribution < 1.29 is 0 Å². The molecular weight excluding hydrogens is 252 g/mol. The van der Waals surface area contributed by atoms with Crippen molar-refractivity contribution in [3.8, 4) is 0 Å². The van der Waals surface area contributed by atoms with Crippen molar-refractivity contribution in [3.63, 3.8) is 0 Å². The second kappa shape index (κ2) is 5.48. The maximum atomic E-state index is 5.95. The molecule has 0 unspecified atom stereocenters. The fourth-order valence-corrected chi connectivity index (χ4v) is 1.98. The van der Waals surface area contributed by atoms with Gasteiger partial charge in [0.05, 0.1) is 5.69 Å². The molecule has 0 bridgehead atoms. The molecule has 0 aliphatic heterocycles. The molecule has 2 heterocycles. The zero-order chi connectivity index (χ0) is 14.9. The molecule has 6 heteroatoms. The summed E-state index contributed by atoms with van der Waals surface area (Å²) in [5, 5.41) is 7.66. The van der Waals surface area contributed by atoms with Crippen molar-refractivity contribution in [1.29, 1.82) is 0 Å². The SMILES string of the molecule is Cc1nn(C)cc1CNc1nc(C(C)C)nc(N)c1C. The minimum Gasteiger partial charge on any atom is -0.383 e. The molecule has 0 spiro atoms. The molecular formula is C14H22N6. The molecule has 6 nitrogen and oxygen atoms in total. The third-order valence-corrected chi connectivity index (χ3v) is 3.28. The molecule has 0 radical (unpaired) electrons. The fraction of sp³-hybridized carbons (Fsp3) is 0.500. The number of nitrogens with one attached hydrogen (secondary N) is 1. The zero-order valence-corrected chi connectivity index (χ0v) is 12.7. The summed E-state index contributed by atoms with van der Waals surface area (Å²) in [6.45, 7) is 8.71. The van der Waals surface area contributed by atoms with Crippen molar-refractivity contribution in [3.05, 3.63) is 28.8 Å². The lowest BCUT2D eigenvalue weighted by Gasteiger charge is -2.13. The smallest absolute Gasteiger partial charge is 0.135 e. The quantitative estimate of drug-likeness (QED) is 0.892. The van der Waals surface area contributed by atoms with Gasteiger partial charge < -0.3 is 11.1 Å². The van der Waals surface area contributed by atoms with Crippen LogP contribution in [0.25, 0.3) is 0 Å². The number of hydrogen-bond acceptors (Lipinski definition) is 5. The highest BCUT2D eigenvalue weighted by Gasteiger charge is 2.12. The molecule has 2 aromatic heterocycles. The molecule has 2 aromatic rings. The van der Waals surface area contributed by atoms with E-state index in [2.05, 4.69) is 34.2 Å². The summed E-state index contributed by atoms with van der Waals surface area (Å²) in [5.74, 6) is 2.34. The standard InChI is InChI=1S/C14H22N6/c1-8(2)13-17-12(15)9(3)14(18-13)16-6-11-7-20(5)19-10(11)4/h7-8H,6H2,1-5H3,(H3,15,16,17,18). The van der Waals surface area contributed by atoms with E-state index in [-0.39, 0.29) is 5.92 Å². The summed E-state index contributed by atoms with van der Waals surface area (Å²) >= 11 is 0. The van der Waals surface area contributed by atoms with Crippen molar-refractivity contribution >= 4 is 11.6 Å². The first kappa shape index (κ1) is 14.3. The zero-order valence-electron chi connectivity index (χ0n) is 12.7. The Morgan fingerprint density at radius 2 is 2.00 bits per heavy atom. The summed E-state index contributed by atoms with van der Waals surface area (Å²) in [6.07, 6.45) is 2.01. The molecule has 0 atom stereocenters. The van der Waals surface area contributed by atoms with Crippen LogP contribution in [0.4, 0.5) is 11.6 Å². The molecule has 3 N–H and O–H groups in total. The van der Waals surface area contributed by atoms with Crippen molar-refractivity contribution in [2.45, 2.75) is 40.2 Å². The van der Waals surface area contributed by atoms with E-state index in [4.69, 9.17) is 5.73 Å². The third kappa shape index (κ3) is 2.89. The van der Waals surface area contributed by atoms with Gasteiger partial charge in [-0.1, -0.05) is 13.8 Å². The monoisotopic (exact) mass is 274 g/mol. The Morgan fingerprint density at radius 1 is 1.30 bits per heavy atom. The van der Waals surface area contributed by atoms with Crippen LogP contribution in [0.15, 0.2) is 6.20 Å². The van der Waals surface area contributed by atoms with Crippen LogP contribution in [0, 0.1) is 13.8 Å². The van der Waals surface area contributed by atoms with Crippen LogP contribution in [0.2, 0.25) is 0 Å². The second-order valence-electron chi connectivity index (χ2n) is 5.36. The van der Waals surface area contributed by atoms with E-state index in [9.17, 15) is 0 Å². The van der Waals surface area contributed by atoms with Crippen LogP contribution in [0.3, 0.4) is 0 Å². The van der Waals surface area contributed by atoms with Gasteiger partial charge in [0.2, 0.25) is 0 Å². The maximum absolute atomic E-state index is 5.95. The summed E-state index contributed by atoms with van der Waals surface area (Å²) in [5.41, 5.74) is 9.01. The van der Waals surface area contributed by atoms with Crippen LogP contribution in [0.1, 0.15) is 42.4 Å². The average Bonchev–Trinajstić information content (AvgIpc) is 2.69. The lowest BCUT2D eigenvalue weighted by Crippen LogP contribution is -2.10. The fourth-order valence-electron chi connectivity index (χ4n) is 1.98. The summed E-state index contributed by atoms with van der Waals surface area (Å²) < 4.78 is 1.81. The minimum atomic E-state index is 0.249. The van der Waals surface area contributed by atoms with E-state index in [0.29, 0.717) is 12.4 Å². The van der Waals surface area contributed by atoms with E-state index in [1.165, 1.54) is 0 Å². The first-order chi connectivity index (χ1) is 9.38. The molecule has 0 fully saturated rings. The lowest BCUT2D eigenvalue weighted by atomic mass is 10.2. The molecule has 0 saturated carbocycles. The topological polar surface area (TPSA) is 81.7 Å². The Labute approximate surface area is 119 Å². The van der Waals surface area contributed by atoms with Crippen molar-refractivity contribution in [2.75, 3.05) is 11.1 Å². The van der Waals surface area contributed by atoms with Gasteiger partial charge in [-0.2, -0.15) is 5.10 Å². The molecule has 0 aliphatic rings. The molecule has 108 valence electrons. The molecule has 2 rings (SSSR count). The van der Waals surface area contributed by atoms with E-state index in [1.807, 2.05) is 31.8 Å². The van der Waals surface area contributed by atoms with Gasteiger partial charge in [0.15, 0.2) is 0 Å². The average molecular weight is 274 g/mol. The van der Waals surface area contributed by atoms with Crippen LogP contribution in [-0.4, -0.2) is 19.7 Å². The van der Waals surface area contributed by atoms with Gasteiger partial charge >= 0.3 is 0 Å². The van der Waals surface area contributed by atoms with E-state index in [1.54, 1.807) is 0 Å². The number of rotatable bonds is 4. The van der Waals surface area contributed by atoms with Gasteiger partial charge in [-0.05, 0) is 13.8 Å². The van der Waals surface area contributed by atoms with Gasteiger partial charge in [0, 0.05) is 36.8 Å². The Morgan fingerprint density at radius 3 is 2.55 bits per heavy atom. The number of anilines is 2. The largest absolute Gasteiger partial charge is 0.383 e. The van der Waals surface area contributed by atoms with Gasteiger partial charge in [-0.15, -0.1) is 0 Å². The number of nitrogens with zero attached hydrogens (tertiary/aromatic N) is 4. The van der Waals surface area contributed by atoms with Crippen LogP contribution in [-0.2, 0) is 13.6 Å². The number of aromatic nitrogens is 4. The Kier molecular flexibility index (Phi) is 3.92. The molecule has 0 saturated heterocycles. The predicted octanol–water partition coefficient (Wildman–Crippen LogP) is 2.14. The second-order valence-corrected chi connectivity index (χ2v) is 5.36. The van der Waals surface area contributed by atoms with E-state index < -0.39 is 0 Å². The Balaban J connectivity index is 2.22. The Bertz CT molecular complexity index is 614. The van der Waals surface area contributed by atoms with Gasteiger partial charge in [0.25, 0.3) is 0 Å². The highest BCUT2D eigenvalue weighted by molar-refractivity contribution is 5.55. The van der Waals surface area contributed by atoms with Crippen LogP contribution in [0.5, 0.6) is 0 Å². The maximum Gasteiger partial charge on any atom is 0.135 e. The normalized spacial score (nSPS) is 11.1. The number of aryl methyl sites for hydroxylation is 2. The van der Waals surface area contributed by atoms with E-state index >= 15 is 0 Å². The Hall–Kier alpha value is -2.11. The van der Waals surface area contributed by atoms with Crippen molar-refractivity contribution in [2.24, 2.45) is 7.05 Å². The first-order valence-electron chi connectivity index (χ1n) is 6.75. The number of nitrogens with two attached hydrogens (primary N) is 1. The number of nitrogen functional groups attached to an aromatic ring is 1. The third-order valence-electron chi connectivity index (χ3n) is 3.28. The van der Waals surface area contributed by atoms with E-state index in [0.717, 1.165) is 28.5 Å². The molecule has 20 heavy (non-hydrogen) atoms. The minimum absolute atomic E-state index is 0.249. The highest BCUT2D eigenvalue weighted by atomic mass is 15.3. The lowest BCUT2D eigenvalue weighted by molar-refractivity contribution is 0.756. The molecule has 0 aliphatic carbocycles. The van der Waals surface area contributed by atoms with Crippen LogP contribution >= 0.6 is 0 Å². The number of hydrogen-bond donors (Lipinski definition) is 2. The highest BCUT2D eigenvalue weighted by Crippen LogP contribution is 2.21. The summed E-state index contributed by atoms with van der Waals surface area (Å²) in [6, 6.07) is 0. The summed E-state index contributed by atoms with van der Waals surface area (Å²) in [7, 11) is 1.92. The summed E-state index contributed by atoms with van der Waals surface area (Å²) in [4.78, 5) is 8.87. The van der Waals surface area contributed by atoms with Gasteiger partial charge in [-0.3, -0.25) is 4.68 Å². The van der Waals surface area contributed by atoms with Gasteiger partial charge in [-0.25, -0.2) is 9.97 Å². The van der Waals surface area contributed by atoms with Crippen LogP contribution < -0.4 is 11.1 Å².